The molecule has 0 aliphatic rings. The zero-order chi connectivity index (χ0) is 20.7. The molecule has 2 aromatic carbocycles. The van der Waals surface area contributed by atoms with Crippen LogP contribution in [-0.2, 0) is 13.0 Å². The van der Waals surface area contributed by atoms with Crippen molar-refractivity contribution in [2.24, 2.45) is 0 Å². The van der Waals surface area contributed by atoms with Crippen molar-refractivity contribution in [3.8, 4) is 0 Å². The highest BCUT2D eigenvalue weighted by molar-refractivity contribution is 6.72. The lowest BCUT2D eigenvalue weighted by molar-refractivity contribution is 0.447. The standard InChI is InChI=1S/C23H31ClN2OSi/c1-16-13-20-21(14-17(16)2)26(15-18-7-9-19(24)10-8-18)22(25-20)11-12-23(3,4)28(5,6)27/h7-10,13-14,27H,11-12,15H2,1-6H3. The average Bonchev–Trinajstić information content (AvgIpc) is 2.91. The van der Waals surface area contributed by atoms with Gasteiger partial charge in [0.25, 0.3) is 0 Å². The quantitative estimate of drug-likeness (QED) is 0.483. The van der Waals surface area contributed by atoms with Crippen LogP contribution in [0.25, 0.3) is 11.0 Å². The second kappa shape index (κ2) is 7.66. The molecule has 28 heavy (non-hydrogen) atoms. The van der Waals surface area contributed by atoms with Crippen molar-refractivity contribution in [1.29, 1.82) is 0 Å². The van der Waals surface area contributed by atoms with Crippen LogP contribution in [0.1, 0.15) is 42.8 Å². The summed E-state index contributed by atoms with van der Waals surface area (Å²) < 4.78 is 2.33. The molecule has 0 fully saturated rings. The van der Waals surface area contributed by atoms with Crippen LogP contribution in [-0.4, -0.2) is 22.7 Å². The third-order valence-corrected chi connectivity index (χ3v) is 10.1. The van der Waals surface area contributed by atoms with E-state index in [1.54, 1.807) is 0 Å². The van der Waals surface area contributed by atoms with Crippen molar-refractivity contribution >= 4 is 31.0 Å². The molecule has 0 aliphatic heterocycles. The van der Waals surface area contributed by atoms with Crippen molar-refractivity contribution < 1.29 is 4.80 Å². The lowest BCUT2D eigenvalue weighted by Gasteiger charge is -2.35. The lowest BCUT2D eigenvalue weighted by Crippen LogP contribution is -2.39. The first kappa shape index (κ1) is 21.1. The van der Waals surface area contributed by atoms with E-state index >= 15 is 0 Å². The Bertz CT molecular complexity index is 984. The van der Waals surface area contributed by atoms with Crippen LogP contribution >= 0.6 is 11.6 Å². The van der Waals surface area contributed by atoms with E-state index in [0.717, 1.165) is 35.8 Å². The van der Waals surface area contributed by atoms with Gasteiger partial charge in [-0.25, -0.2) is 4.98 Å². The molecule has 0 amide bonds. The van der Waals surface area contributed by atoms with E-state index in [-0.39, 0.29) is 5.04 Å². The summed E-state index contributed by atoms with van der Waals surface area (Å²) in [6.07, 6.45) is 1.77. The molecule has 3 rings (SSSR count). The van der Waals surface area contributed by atoms with E-state index in [2.05, 4.69) is 56.5 Å². The molecule has 0 bridgehead atoms. The molecule has 3 nitrogen and oxygen atoms in total. The zero-order valence-corrected chi connectivity index (χ0v) is 19.6. The largest absolute Gasteiger partial charge is 0.432 e. The number of aromatic nitrogens is 2. The summed E-state index contributed by atoms with van der Waals surface area (Å²) in [5.74, 6) is 1.08. The Morgan fingerprint density at radius 3 is 2.29 bits per heavy atom. The Kier molecular flexibility index (Phi) is 5.77. The van der Waals surface area contributed by atoms with Crippen molar-refractivity contribution in [3.63, 3.8) is 0 Å². The summed E-state index contributed by atoms with van der Waals surface area (Å²) in [6.45, 7) is 13.5. The molecular formula is C23H31ClN2OSi. The Hall–Kier alpha value is -1.62. The van der Waals surface area contributed by atoms with Gasteiger partial charge in [0.1, 0.15) is 5.82 Å². The fourth-order valence-corrected chi connectivity index (χ4v) is 4.16. The number of benzene rings is 2. The van der Waals surface area contributed by atoms with Gasteiger partial charge in [0.05, 0.1) is 11.0 Å². The second-order valence-electron chi connectivity index (χ2n) is 9.11. The van der Waals surface area contributed by atoms with E-state index in [0.29, 0.717) is 0 Å². The SMILES string of the molecule is Cc1cc2nc(CCC(C)(C)[Si](C)(C)O)n(Cc3ccc(Cl)cc3)c2cc1C. The van der Waals surface area contributed by atoms with Crippen molar-refractivity contribution in [2.75, 3.05) is 0 Å². The van der Waals surface area contributed by atoms with E-state index in [4.69, 9.17) is 16.6 Å². The molecule has 150 valence electrons. The molecule has 1 heterocycles. The van der Waals surface area contributed by atoms with Gasteiger partial charge >= 0.3 is 0 Å². The molecule has 0 radical (unpaired) electrons. The number of nitrogens with zero attached hydrogens (tertiary/aromatic N) is 2. The van der Waals surface area contributed by atoms with Gasteiger partial charge < -0.3 is 9.36 Å². The highest BCUT2D eigenvalue weighted by Gasteiger charge is 2.37. The minimum absolute atomic E-state index is 0.0674. The smallest absolute Gasteiger partial charge is 0.188 e. The summed E-state index contributed by atoms with van der Waals surface area (Å²) >= 11 is 6.06. The molecule has 0 aliphatic carbocycles. The van der Waals surface area contributed by atoms with E-state index < -0.39 is 8.32 Å². The second-order valence-corrected chi connectivity index (χ2v) is 14.0. The molecule has 3 aromatic rings. The molecular weight excluding hydrogens is 384 g/mol. The first-order valence-corrected chi connectivity index (χ1v) is 13.2. The van der Waals surface area contributed by atoms with Crippen molar-refractivity contribution in [1.82, 2.24) is 9.55 Å². The zero-order valence-electron chi connectivity index (χ0n) is 17.8. The van der Waals surface area contributed by atoms with Gasteiger partial charge in [-0.3, -0.25) is 0 Å². The lowest BCUT2D eigenvalue weighted by atomic mass is 10.1. The van der Waals surface area contributed by atoms with Gasteiger partial charge in [-0.2, -0.15) is 0 Å². The van der Waals surface area contributed by atoms with Gasteiger partial charge in [-0.05, 0) is 79.4 Å². The van der Waals surface area contributed by atoms with Crippen LogP contribution in [0.2, 0.25) is 23.2 Å². The number of fused-ring (bicyclic) bond motifs is 1. The summed E-state index contributed by atoms with van der Waals surface area (Å²) in [7, 11) is -2.25. The first-order valence-electron chi connectivity index (χ1n) is 9.91. The van der Waals surface area contributed by atoms with E-state index in [1.165, 1.54) is 22.2 Å². The molecule has 1 aromatic heterocycles. The molecule has 5 heteroatoms. The highest BCUT2D eigenvalue weighted by Crippen LogP contribution is 2.40. The highest BCUT2D eigenvalue weighted by atomic mass is 35.5. The van der Waals surface area contributed by atoms with E-state index in [1.807, 2.05) is 25.2 Å². The molecule has 0 saturated carbocycles. The molecule has 1 N–H and O–H groups in total. The molecule has 0 unspecified atom stereocenters. The first-order chi connectivity index (χ1) is 13.0. The summed E-state index contributed by atoms with van der Waals surface area (Å²) in [5.41, 5.74) is 5.97. The van der Waals surface area contributed by atoms with Crippen LogP contribution < -0.4 is 0 Å². The summed E-state index contributed by atoms with van der Waals surface area (Å²) in [4.78, 5) is 15.6. The normalized spacial score (nSPS) is 12.7. The fourth-order valence-electron chi connectivity index (χ4n) is 3.30. The van der Waals surface area contributed by atoms with Gasteiger partial charge in [-0.15, -0.1) is 0 Å². The van der Waals surface area contributed by atoms with Gasteiger partial charge in [0, 0.05) is 18.0 Å². The van der Waals surface area contributed by atoms with Crippen LogP contribution in [0.5, 0.6) is 0 Å². The number of hydrogen-bond acceptors (Lipinski definition) is 2. The van der Waals surface area contributed by atoms with Crippen LogP contribution in [0.15, 0.2) is 36.4 Å². The maximum Gasteiger partial charge on any atom is 0.188 e. The van der Waals surface area contributed by atoms with Crippen molar-refractivity contribution in [3.05, 3.63) is 63.9 Å². The van der Waals surface area contributed by atoms with E-state index in [9.17, 15) is 4.80 Å². The molecule has 0 spiro atoms. The maximum atomic E-state index is 10.7. The monoisotopic (exact) mass is 414 g/mol. The minimum Gasteiger partial charge on any atom is -0.432 e. The van der Waals surface area contributed by atoms with Gasteiger partial charge in [0.2, 0.25) is 0 Å². The van der Waals surface area contributed by atoms with Gasteiger partial charge in [-0.1, -0.05) is 37.6 Å². The number of aryl methyl sites for hydroxylation is 3. The number of imidazole rings is 1. The predicted molar refractivity (Wildman–Crippen MR) is 122 cm³/mol. The molecule has 0 atom stereocenters. The topological polar surface area (TPSA) is 38.1 Å². The van der Waals surface area contributed by atoms with Crippen LogP contribution in [0, 0.1) is 13.8 Å². The predicted octanol–water partition coefficient (Wildman–Crippen LogP) is 6.27. The number of halogens is 1. The third kappa shape index (κ3) is 4.34. The Balaban J connectivity index is 2.01. The van der Waals surface area contributed by atoms with Crippen molar-refractivity contribution in [2.45, 2.75) is 65.2 Å². The maximum absolute atomic E-state index is 10.7. The molecule has 0 saturated heterocycles. The van der Waals surface area contributed by atoms with Crippen LogP contribution in [0.3, 0.4) is 0 Å². The average molecular weight is 415 g/mol. The minimum atomic E-state index is -2.25. The third-order valence-electron chi connectivity index (χ3n) is 6.33. The Morgan fingerprint density at radius 1 is 1.07 bits per heavy atom. The summed E-state index contributed by atoms with van der Waals surface area (Å²) in [5, 5.41) is 0.685. The fraction of sp³-hybridized carbons (Fsp3) is 0.435. The number of hydrogen-bond donors (Lipinski definition) is 1. The van der Waals surface area contributed by atoms with Gasteiger partial charge in [0.15, 0.2) is 8.32 Å². The Morgan fingerprint density at radius 2 is 1.68 bits per heavy atom. The van der Waals surface area contributed by atoms with Crippen LogP contribution in [0.4, 0.5) is 0 Å². The Labute approximate surface area is 174 Å². The summed E-state index contributed by atoms with van der Waals surface area (Å²) in [6, 6.07) is 12.5. The number of rotatable bonds is 6.